The monoisotopic (exact) mass is 219 g/mol. The molecular formula is C9H17NO5. The van der Waals surface area contributed by atoms with Crippen molar-refractivity contribution in [2.75, 3.05) is 13.7 Å². The topological polar surface area (TPSA) is 88.0 Å². The zero-order valence-corrected chi connectivity index (χ0v) is 8.84. The van der Waals surface area contributed by atoms with Crippen LogP contribution in [0, 0.1) is 0 Å². The van der Waals surface area contributed by atoms with Crippen LogP contribution < -0.4 is 5.32 Å². The lowest BCUT2D eigenvalue weighted by Gasteiger charge is -2.13. The molecule has 1 aliphatic rings. The van der Waals surface area contributed by atoms with Gasteiger partial charge in [-0.25, -0.2) is 0 Å². The summed E-state index contributed by atoms with van der Waals surface area (Å²) in [6, 6.07) is 0. The number of carbonyl (C=O) groups excluding carboxylic acids is 1. The van der Waals surface area contributed by atoms with Crippen LogP contribution in [-0.4, -0.2) is 54.4 Å². The van der Waals surface area contributed by atoms with E-state index in [-0.39, 0.29) is 12.3 Å². The molecule has 0 aromatic heterocycles. The van der Waals surface area contributed by atoms with Gasteiger partial charge < -0.3 is 25.0 Å². The molecule has 6 heteroatoms. The Balaban J connectivity index is 2.47. The van der Waals surface area contributed by atoms with Crippen LogP contribution in [0.5, 0.6) is 0 Å². The SMILES string of the molecule is CCNC(=O)C[C@@H]1O[C@H](OC)[C@H](O)[C@@H]1O. The Bertz CT molecular complexity index is 223. The normalized spacial score (nSPS) is 35.5. The van der Waals surface area contributed by atoms with E-state index in [9.17, 15) is 15.0 Å². The first-order valence-corrected chi connectivity index (χ1v) is 4.91. The van der Waals surface area contributed by atoms with Crippen molar-refractivity contribution >= 4 is 5.91 Å². The van der Waals surface area contributed by atoms with Crippen molar-refractivity contribution in [2.45, 2.75) is 37.9 Å². The standard InChI is InChI=1S/C9H17NO5/c1-3-10-6(11)4-5-7(12)8(13)9(14-2)15-5/h5,7-9,12-13H,3-4H2,1-2H3,(H,10,11)/t5-,7+,8+,9-/m0/s1. The highest BCUT2D eigenvalue weighted by Crippen LogP contribution is 2.23. The van der Waals surface area contributed by atoms with E-state index in [1.54, 1.807) is 6.92 Å². The van der Waals surface area contributed by atoms with Gasteiger partial charge in [-0.2, -0.15) is 0 Å². The molecule has 0 saturated carbocycles. The number of methoxy groups -OCH3 is 1. The quantitative estimate of drug-likeness (QED) is 0.541. The summed E-state index contributed by atoms with van der Waals surface area (Å²) in [6.07, 6.45) is -3.74. The van der Waals surface area contributed by atoms with E-state index in [1.165, 1.54) is 7.11 Å². The van der Waals surface area contributed by atoms with E-state index in [1.807, 2.05) is 0 Å². The van der Waals surface area contributed by atoms with Crippen LogP contribution in [-0.2, 0) is 14.3 Å². The lowest BCUT2D eigenvalue weighted by atomic mass is 10.1. The Kier molecular flexibility index (Phi) is 4.46. The Hall–Kier alpha value is -0.690. The largest absolute Gasteiger partial charge is 0.387 e. The first kappa shape index (κ1) is 12.4. The summed E-state index contributed by atoms with van der Waals surface area (Å²) in [6.45, 7) is 2.33. The number of aliphatic hydroxyl groups excluding tert-OH is 2. The van der Waals surface area contributed by atoms with Gasteiger partial charge in [0.05, 0.1) is 12.5 Å². The molecule has 0 unspecified atom stereocenters. The molecule has 1 aliphatic heterocycles. The number of amides is 1. The molecule has 15 heavy (non-hydrogen) atoms. The van der Waals surface area contributed by atoms with Gasteiger partial charge in [-0.15, -0.1) is 0 Å². The Morgan fingerprint density at radius 3 is 2.60 bits per heavy atom. The van der Waals surface area contributed by atoms with Crippen molar-refractivity contribution in [3.63, 3.8) is 0 Å². The molecule has 1 amide bonds. The number of ether oxygens (including phenoxy) is 2. The van der Waals surface area contributed by atoms with Gasteiger partial charge in [-0.1, -0.05) is 0 Å². The zero-order valence-electron chi connectivity index (χ0n) is 8.84. The summed E-state index contributed by atoms with van der Waals surface area (Å²) in [4.78, 5) is 11.2. The van der Waals surface area contributed by atoms with E-state index in [0.29, 0.717) is 6.54 Å². The molecule has 1 heterocycles. The predicted molar refractivity (Wildman–Crippen MR) is 51.0 cm³/mol. The average molecular weight is 219 g/mol. The van der Waals surface area contributed by atoms with Crippen LogP contribution in [0.15, 0.2) is 0 Å². The minimum Gasteiger partial charge on any atom is -0.387 e. The van der Waals surface area contributed by atoms with Crippen LogP contribution in [0.1, 0.15) is 13.3 Å². The lowest BCUT2D eigenvalue weighted by molar-refractivity contribution is -0.152. The Morgan fingerprint density at radius 1 is 1.47 bits per heavy atom. The number of hydrogen-bond acceptors (Lipinski definition) is 5. The van der Waals surface area contributed by atoms with Crippen LogP contribution in [0.3, 0.4) is 0 Å². The van der Waals surface area contributed by atoms with Gasteiger partial charge in [0, 0.05) is 13.7 Å². The third-order valence-corrected chi connectivity index (χ3v) is 2.31. The third kappa shape index (κ3) is 2.88. The molecule has 1 saturated heterocycles. The van der Waals surface area contributed by atoms with E-state index < -0.39 is 24.6 Å². The molecule has 0 aliphatic carbocycles. The van der Waals surface area contributed by atoms with Gasteiger partial charge in [-0.05, 0) is 6.92 Å². The molecule has 0 aromatic carbocycles. The molecule has 3 N–H and O–H groups in total. The maximum atomic E-state index is 11.2. The van der Waals surface area contributed by atoms with E-state index in [4.69, 9.17) is 9.47 Å². The number of carbonyl (C=O) groups is 1. The van der Waals surface area contributed by atoms with Gasteiger partial charge in [0.25, 0.3) is 0 Å². The van der Waals surface area contributed by atoms with Crippen LogP contribution in [0.2, 0.25) is 0 Å². The van der Waals surface area contributed by atoms with Crippen molar-refractivity contribution in [2.24, 2.45) is 0 Å². The van der Waals surface area contributed by atoms with Gasteiger partial charge >= 0.3 is 0 Å². The van der Waals surface area contributed by atoms with Crippen molar-refractivity contribution in [1.82, 2.24) is 5.32 Å². The summed E-state index contributed by atoms with van der Waals surface area (Å²) in [5.41, 5.74) is 0. The van der Waals surface area contributed by atoms with Crippen molar-refractivity contribution in [3.05, 3.63) is 0 Å². The van der Waals surface area contributed by atoms with Gasteiger partial charge in [-0.3, -0.25) is 4.79 Å². The number of aliphatic hydroxyl groups is 2. The fraction of sp³-hybridized carbons (Fsp3) is 0.889. The van der Waals surface area contributed by atoms with E-state index >= 15 is 0 Å². The summed E-state index contributed by atoms with van der Waals surface area (Å²) >= 11 is 0. The Labute approximate surface area is 88.2 Å². The molecule has 0 spiro atoms. The molecule has 1 fully saturated rings. The predicted octanol–water partition coefficient (Wildman–Crippen LogP) is -1.39. The summed E-state index contributed by atoms with van der Waals surface area (Å²) in [5, 5.41) is 21.6. The van der Waals surface area contributed by atoms with Crippen LogP contribution in [0.4, 0.5) is 0 Å². The molecule has 0 bridgehead atoms. The fourth-order valence-electron chi connectivity index (χ4n) is 1.53. The van der Waals surface area contributed by atoms with Gasteiger partial charge in [0.15, 0.2) is 6.29 Å². The summed E-state index contributed by atoms with van der Waals surface area (Å²) < 4.78 is 9.97. The van der Waals surface area contributed by atoms with Crippen LogP contribution >= 0.6 is 0 Å². The van der Waals surface area contributed by atoms with Crippen molar-refractivity contribution in [3.8, 4) is 0 Å². The highest BCUT2D eigenvalue weighted by Gasteiger charge is 2.43. The first-order valence-electron chi connectivity index (χ1n) is 4.91. The van der Waals surface area contributed by atoms with Crippen molar-refractivity contribution < 1.29 is 24.5 Å². The molecule has 0 radical (unpaired) electrons. The van der Waals surface area contributed by atoms with E-state index in [2.05, 4.69) is 5.32 Å². The molecule has 0 aromatic rings. The van der Waals surface area contributed by atoms with Crippen LogP contribution in [0.25, 0.3) is 0 Å². The molecule has 1 rings (SSSR count). The molecule has 88 valence electrons. The number of nitrogens with one attached hydrogen (secondary N) is 1. The highest BCUT2D eigenvalue weighted by atomic mass is 16.7. The lowest BCUT2D eigenvalue weighted by Crippen LogP contribution is -2.35. The maximum absolute atomic E-state index is 11.2. The van der Waals surface area contributed by atoms with E-state index in [0.717, 1.165) is 0 Å². The van der Waals surface area contributed by atoms with Gasteiger partial charge in [0.2, 0.25) is 5.91 Å². The number of rotatable bonds is 4. The summed E-state index contributed by atoms with van der Waals surface area (Å²) in [7, 11) is 1.37. The number of hydrogen-bond donors (Lipinski definition) is 3. The molecular weight excluding hydrogens is 202 g/mol. The second-order valence-corrected chi connectivity index (χ2v) is 3.42. The van der Waals surface area contributed by atoms with Crippen molar-refractivity contribution in [1.29, 1.82) is 0 Å². The minimum absolute atomic E-state index is 0.0198. The molecule has 6 nitrogen and oxygen atoms in total. The van der Waals surface area contributed by atoms with Gasteiger partial charge in [0.1, 0.15) is 12.2 Å². The second kappa shape index (κ2) is 5.41. The fourth-order valence-corrected chi connectivity index (χ4v) is 1.53. The summed E-state index contributed by atoms with van der Waals surface area (Å²) in [5.74, 6) is -0.217. The smallest absolute Gasteiger partial charge is 0.222 e. The Morgan fingerprint density at radius 2 is 2.13 bits per heavy atom. The average Bonchev–Trinajstić information content (AvgIpc) is 2.46. The minimum atomic E-state index is -1.10. The first-order chi connectivity index (χ1) is 7.10. The zero-order chi connectivity index (χ0) is 11.4. The second-order valence-electron chi connectivity index (χ2n) is 3.42. The highest BCUT2D eigenvalue weighted by molar-refractivity contribution is 5.76. The maximum Gasteiger partial charge on any atom is 0.222 e. The third-order valence-electron chi connectivity index (χ3n) is 2.31. The molecule has 4 atom stereocenters.